The van der Waals surface area contributed by atoms with E-state index in [0.29, 0.717) is 15.7 Å². The number of aromatic amines is 2. The van der Waals surface area contributed by atoms with Crippen LogP contribution in [0.1, 0.15) is 10.4 Å². The molecular formula is C21H14BrN5O. The van der Waals surface area contributed by atoms with E-state index >= 15 is 0 Å². The third-order valence-electron chi connectivity index (χ3n) is 4.64. The Labute approximate surface area is 168 Å². The zero-order chi connectivity index (χ0) is 19.1. The summed E-state index contributed by atoms with van der Waals surface area (Å²) >= 11 is 3.47. The van der Waals surface area contributed by atoms with Crippen LogP contribution < -0.4 is 5.32 Å². The summed E-state index contributed by atoms with van der Waals surface area (Å²) < 4.78 is 0.716. The van der Waals surface area contributed by atoms with Crippen molar-refractivity contribution in [1.29, 1.82) is 0 Å². The van der Waals surface area contributed by atoms with E-state index in [1.165, 1.54) is 0 Å². The van der Waals surface area contributed by atoms with Gasteiger partial charge in [0.15, 0.2) is 0 Å². The van der Waals surface area contributed by atoms with Crippen molar-refractivity contribution in [3.63, 3.8) is 0 Å². The lowest BCUT2D eigenvalue weighted by Crippen LogP contribution is -2.12. The van der Waals surface area contributed by atoms with E-state index in [2.05, 4.69) is 41.6 Å². The molecule has 3 aromatic carbocycles. The Bertz CT molecular complexity index is 1320. The summed E-state index contributed by atoms with van der Waals surface area (Å²) in [6, 6.07) is 19.3. The lowest BCUT2D eigenvalue weighted by atomic mass is 10.1. The molecule has 5 aromatic rings. The van der Waals surface area contributed by atoms with Gasteiger partial charge in [-0.1, -0.05) is 30.3 Å². The second-order valence-corrected chi connectivity index (χ2v) is 7.30. The summed E-state index contributed by atoms with van der Waals surface area (Å²) in [6.45, 7) is 0. The molecule has 0 bridgehead atoms. The average molecular weight is 432 g/mol. The minimum absolute atomic E-state index is 0.201. The van der Waals surface area contributed by atoms with Gasteiger partial charge in [0, 0.05) is 26.5 Å². The van der Waals surface area contributed by atoms with Gasteiger partial charge in [-0.15, -0.1) is 0 Å². The van der Waals surface area contributed by atoms with E-state index in [0.717, 1.165) is 33.1 Å². The minimum atomic E-state index is -0.201. The maximum Gasteiger partial charge on any atom is 0.256 e. The van der Waals surface area contributed by atoms with Crippen LogP contribution in [0.3, 0.4) is 0 Å². The fraction of sp³-hybridized carbons (Fsp3) is 0. The Morgan fingerprint density at radius 1 is 0.964 bits per heavy atom. The van der Waals surface area contributed by atoms with Crippen LogP contribution >= 0.6 is 15.9 Å². The van der Waals surface area contributed by atoms with Gasteiger partial charge < -0.3 is 5.32 Å². The molecule has 0 saturated carbocycles. The molecule has 28 heavy (non-hydrogen) atoms. The lowest BCUT2D eigenvalue weighted by molar-refractivity contribution is 0.102. The van der Waals surface area contributed by atoms with Crippen LogP contribution in [0.25, 0.3) is 33.1 Å². The van der Waals surface area contributed by atoms with Gasteiger partial charge in [-0.25, -0.2) is 0 Å². The van der Waals surface area contributed by atoms with Crippen molar-refractivity contribution < 1.29 is 4.79 Å². The Morgan fingerprint density at radius 3 is 2.68 bits per heavy atom. The van der Waals surface area contributed by atoms with Crippen LogP contribution in [0, 0.1) is 0 Å². The summed E-state index contributed by atoms with van der Waals surface area (Å²) in [4.78, 5) is 12.8. The fourth-order valence-electron chi connectivity index (χ4n) is 3.24. The maximum atomic E-state index is 12.8. The number of carbonyl (C=O) groups excluding carboxylic acids is 1. The predicted octanol–water partition coefficient (Wildman–Crippen LogP) is 5.12. The Balaban J connectivity index is 1.50. The lowest BCUT2D eigenvalue weighted by Gasteiger charge is -2.08. The number of nitrogens with zero attached hydrogens (tertiary/aromatic N) is 2. The number of carbonyl (C=O) groups is 1. The largest absolute Gasteiger partial charge is 0.322 e. The molecule has 5 rings (SSSR count). The highest BCUT2D eigenvalue weighted by molar-refractivity contribution is 9.10. The van der Waals surface area contributed by atoms with E-state index in [-0.39, 0.29) is 5.91 Å². The first-order valence-corrected chi connectivity index (χ1v) is 9.46. The molecule has 2 heterocycles. The van der Waals surface area contributed by atoms with Crippen molar-refractivity contribution in [2.75, 3.05) is 5.32 Å². The highest BCUT2D eigenvalue weighted by Crippen LogP contribution is 2.29. The van der Waals surface area contributed by atoms with Gasteiger partial charge >= 0.3 is 0 Å². The van der Waals surface area contributed by atoms with Crippen molar-refractivity contribution in [2.24, 2.45) is 0 Å². The number of amides is 1. The molecule has 0 aliphatic heterocycles. The number of benzene rings is 3. The van der Waals surface area contributed by atoms with Crippen molar-refractivity contribution in [3.8, 4) is 11.3 Å². The first-order chi connectivity index (χ1) is 13.7. The number of hydrogen-bond donors (Lipinski definition) is 3. The predicted molar refractivity (Wildman–Crippen MR) is 113 cm³/mol. The summed E-state index contributed by atoms with van der Waals surface area (Å²) in [5, 5.41) is 19.2. The molecule has 2 aromatic heterocycles. The molecule has 136 valence electrons. The van der Waals surface area contributed by atoms with E-state index in [9.17, 15) is 4.79 Å². The van der Waals surface area contributed by atoms with Crippen LogP contribution in [0.5, 0.6) is 0 Å². The Hall–Kier alpha value is -3.45. The standard InChI is InChI=1S/C21H14BrN5O/c22-17-8-13-11-23-25-19(13)10-15(17)21(28)24-14-6-7-18-16(9-14)20(27-26-18)12-4-2-1-3-5-12/h1-11H,(H,23,25)(H,24,28)(H,26,27). The van der Waals surface area contributed by atoms with Gasteiger partial charge in [-0.3, -0.25) is 15.0 Å². The van der Waals surface area contributed by atoms with Crippen LogP contribution in [-0.2, 0) is 0 Å². The molecule has 7 heteroatoms. The zero-order valence-electron chi connectivity index (χ0n) is 14.5. The molecule has 0 spiro atoms. The van der Waals surface area contributed by atoms with Crippen LogP contribution in [-0.4, -0.2) is 26.3 Å². The highest BCUT2D eigenvalue weighted by atomic mass is 79.9. The number of H-pyrrole nitrogens is 2. The van der Waals surface area contributed by atoms with Crippen molar-refractivity contribution in [1.82, 2.24) is 20.4 Å². The average Bonchev–Trinajstić information content (AvgIpc) is 3.34. The molecule has 0 saturated heterocycles. The quantitative estimate of drug-likeness (QED) is 0.370. The van der Waals surface area contributed by atoms with Gasteiger partial charge in [0.1, 0.15) is 0 Å². The van der Waals surface area contributed by atoms with E-state index in [4.69, 9.17) is 0 Å². The number of anilines is 1. The van der Waals surface area contributed by atoms with Crippen molar-refractivity contribution >= 4 is 49.3 Å². The second kappa shape index (κ2) is 6.61. The Morgan fingerprint density at radius 2 is 1.82 bits per heavy atom. The molecule has 0 radical (unpaired) electrons. The topological polar surface area (TPSA) is 86.5 Å². The maximum absolute atomic E-state index is 12.8. The summed E-state index contributed by atoms with van der Waals surface area (Å²) in [6.07, 6.45) is 1.72. The normalized spacial score (nSPS) is 11.2. The third kappa shape index (κ3) is 2.86. The number of halogens is 1. The number of aromatic nitrogens is 4. The molecule has 3 N–H and O–H groups in total. The molecule has 6 nitrogen and oxygen atoms in total. The second-order valence-electron chi connectivity index (χ2n) is 6.44. The van der Waals surface area contributed by atoms with E-state index < -0.39 is 0 Å². The molecule has 1 amide bonds. The van der Waals surface area contributed by atoms with E-state index in [1.807, 2.05) is 54.6 Å². The minimum Gasteiger partial charge on any atom is -0.322 e. The van der Waals surface area contributed by atoms with Gasteiger partial charge in [-0.2, -0.15) is 10.2 Å². The summed E-state index contributed by atoms with van der Waals surface area (Å²) in [5.74, 6) is -0.201. The van der Waals surface area contributed by atoms with Crippen molar-refractivity contribution in [2.45, 2.75) is 0 Å². The molecule has 0 unspecified atom stereocenters. The van der Waals surface area contributed by atoms with Gasteiger partial charge in [0.2, 0.25) is 0 Å². The molecule has 0 aliphatic rings. The van der Waals surface area contributed by atoms with Gasteiger partial charge in [0.05, 0.1) is 28.5 Å². The van der Waals surface area contributed by atoms with Crippen LogP contribution in [0.15, 0.2) is 71.3 Å². The summed E-state index contributed by atoms with van der Waals surface area (Å²) in [7, 11) is 0. The molecule has 0 atom stereocenters. The van der Waals surface area contributed by atoms with Crippen molar-refractivity contribution in [3.05, 3.63) is 76.9 Å². The smallest absolute Gasteiger partial charge is 0.256 e. The number of nitrogens with one attached hydrogen (secondary N) is 3. The van der Waals surface area contributed by atoms with E-state index in [1.54, 1.807) is 12.3 Å². The summed E-state index contributed by atoms with van der Waals surface area (Å²) in [5.41, 5.74) is 4.83. The number of fused-ring (bicyclic) bond motifs is 2. The molecule has 0 aliphatic carbocycles. The number of hydrogen-bond acceptors (Lipinski definition) is 3. The van der Waals surface area contributed by atoms with Gasteiger partial charge in [-0.05, 0) is 46.3 Å². The zero-order valence-corrected chi connectivity index (χ0v) is 16.1. The van der Waals surface area contributed by atoms with Gasteiger partial charge in [0.25, 0.3) is 5.91 Å². The first kappa shape index (κ1) is 16.7. The molecular weight excluding hydrogens is 418 g/mol. The monoisotopic (exact) mass is 431 g/mol. The fourth-order valence-corrected chi connectivity index (χ4v) is 3.79. The van der Waals surface area contributed by atoms with Crippen LogP contribution in [0.4, 0.5) is 5.69 Å². The van der Waals surface area contributed by atoms with Crippen LogP contribution in [0.2, 0.25) is 0 Å². The third-order valence-corrected chi connectivity index (χ3v) is 5.30. The SMILES string of the molecule is O=C(Nc1ccc2[nH]nc(-c3ccccc3)c2c1)c1cc2[nH]ncc2cc1Br. The number of rotatable bonds is 3. The Kier molecular flexibility index (Phi) is 3.95. The highest BCUT2D eigenvalue weighted by Gasteiger charge is 2.14. The molecule has 0 fully saturated rings. The first-order valence-electron chi connectivity index (χ1n) is 8.66.